The number of carbonyl (C=O) groups excluding carboxylic acids is 1. The van der Waals surface area contributed by atoms with Gasteiger partial charge < -0.3 is 4.74 Å². The van der Waals surface area contributed by atoms with Crippen LogP contribution in [0.3, 0.4) is 0 Å². The van der Waals surface area contributed by atoms with Gasteiger partial charge in [0.05, 0.1) is 12.5 Å². The molecule has 2 nitrogen and oxygen atoms in total. The van der Waals surface area contributed by atoms with Crippen LogP contribution in [-0.2, 0) is 9.53 Å². The number of hydrogen-bond acceptors (Lipinski definition) is 2. The fourth-order valence-corrected chi connectivity index (χ4v) is 2.23. The molecule has 0 heterocycles. The van der Waals surface area contributed by atoms with Crippen molar-refractivity contribution in [1.82, 2.24) is 0 Å². The van der Waals surface area contributed by atoms with Crippen molar-refractivity contribution in [1.29, 1.82) is 0 Å². The van der Waals surface area contributed by atoms with Crippen molar-refractivity contribution >= 4 is 5.97 Å². The van der Waals surface area contributed by atoms with Crippen LogP contribution in [0.4, 0.5) is 4.39 Å². The highest BCUT2D eigenvalue weighted by atomic mass is 19.1. The molecule has 0 aromatic heterocycles. The number of unbranched alkanes of at least 4 members (excludes halogenated alkanes) is 1. The number of rotatable bonds is 6. The Morgan fingerprint density at radius 3 is 2.65 bits per heavy atom. The molecule has 0 atom stereocenters. The molecule has 0 aromatic rings. The summed E-state index contributed by atoms with van der Waals surface area (Å²) in [6, 6.07) is 0. The van der Waals surface area contributed by atoms with Crippen LogP contribution in [0.1, 0.15) is 45.4 Å². The van der Waals surface area contributed by atoms with Gasteiger partial charge in [0.2, 0.25) is 0 Å². The summed E-state index contributed by atoms with van der Waals surface area (Å²) in [5, 5.41) is 0. The van der Waals surface area contributed by atoms with Crippen LogP contribution >= 0.6 is 0 Å². The summed E-state index contributed by atoms with van der Waals surface area (Å²) in [5.41, 5.74) is 0. The predicted molar refractivity (Wildman–Crippen MR) is 66.4 cm³/mol. The molecule has 0 aliphatic heterocycles. The molecule has 1 aliphatic carbocycles. The van der Waals surface area contributed by atoms with Crippen molar-refractivity contribution in [3.05, 3.63) is 12.2 Å². The standard InChI is InChI=1S/C14H23FO2/c1-2-3-11-17-14(16)13-8-6-12(7-9-13)5-4-10-15/h4-5,12-13H,2-3,6-11H2,1H3/b5-4+. The van der Waals surface area contributed by atoms with Crippen LogP contribution in [-0.4, -0.2) is 19.3 Å². The Morgan fingerprint density at radius 2 is 2.06 bits per heavy atom. The topological polar surface area (TPSA) is 26.3 Å². The molecular weight excluding hydrogens is 219 g/mol. The highest BCUT2D eigenvalue weighted by molar-refractivity contribution is 5.72. The molecular formula is C14H23FO2. The Morgan fingerprint density at radius 1 is 1.35 bits per heavy atom. The zero-order valence-corrected chi connectivity index (χ0v) is 10.7. The van der Waals surface area contributed by atoms with Crippen LogP contribution in [0.2, 0.25) is 0 Å². The summed E-state index contributed by atoms with van der Waals surface area (Å²) in [6.07, 6.45) is 9.23. The molecule has 1 rings (SSSR count). The monoisotopic (exact) mass is 242 g/mol. The molecule has 0 saturated heterocycles. The van der Waals surface area contributed by atoms with Gasteiger partial charge in [-0.2, -0.15) is 0 Å². The van der Waals surface area contributed by atoms with Gasteiger partial charge in [-0.1, -0.05) is 25.5 Å². The molecule has 3 heteroatoms. The van der Waals surface area contributed by atoms with Gasteiger partial charge in [0, 0.05) is 0 Å². The van der Waals surface area contributed by atoms with Crippen LogP contribution in [0, 0.1) is 11.8 Å². The lowest BCUT2D eigenvalue weighted by atomic mass is 9.82. The van der Waals surface area contributed by atoms with E-state index < -0.39 is 0 Å². The molecule has 0 spiro atoms. The van der Waals surface area contributed by atoms with Gasteiger partial charge in [-0.25, -0.2) is 4.39 Å². The molecule has 0 N–H and O–H groups in total. The Bertz CT molecular complexity index is 243. The first-order valence-corrected chi connectivity index (χ1v) is 6.67. The fraction of sp³-hybridized carbons (Fsp3) is 0.786. The smallest absolute Gasteiger partial charge is 0.308 e. The number of hydrogen-bond donors (Lipinski definition) is 0. The van der Waals surface area contributed by atoms with Gasteiger partial charge in [0.25, 0.3) is 0 Å². The maximum Gasteiger partial charge on any atom is 0.308 e. The zero-order valence-electron chi connectivity index (χ0n) is 10.7. The lowest BCUT2D eigenvalue weighted by molar-refractivity contribution is -0.149. The molecule has 0 aromatic carbocycles. The predicted octanol–water partition coefficient (Wildman–Crippen LogP) is 3.66. The normalized spacial score (nSPS) is 25.1. The van der Waals surface area contributed by atoms with Gasteiger partial charge in [0.15, 0.2) is 0 Å². The summed E-state index contributed by atoms with van der Waals surface area (Å²) in [5.74, 6) is 0.485. The second-order valence-corrected chi connectivity index (χ2v) is 4.72. The first kappa shape index (κ1) is 14.2. The third kappa shape index (κ3) is 5.33. The van der Waals surface area contributed by atoms with Gasteiger partial charge in [-0.3, -0.25) is 4.79 Å². The largest absolute Gasteiger partial charge is 0.465 e. The molecule has 1 aliphatic rings. The van der Waals surface area contributed by atoms with Crippen molar-refractivity contribution < 1.29 is 13.9 Å². The van der Waals surface area contributed by atoms with Gasteiger partial charge in [-0.15, -0.1) is 0 Å². The minimum atomic E-state index is -0.390. The number of alkyl halides is 1. The Labute approximate surface area is 103 Å². The van der Waals surface area contributed by atoms with Crippen LogP contribution < -0.4 is 0 Å². The Kier molecular flexibility index (Phi) is 6.90. The Hall–Kier alpha value is -0.860. The SMILES string of the molecule is CCCCOC(=O)C1CCC(/C=C/CF)CC1. The minimum absolute atomic E-state index is 0.0358. The van der Waals surface area contributed by atoms with E-state index in [0.29, 0.717) is 12.5 Å². The summed E-state index contributed by atoms with van der Waals surface area (Å²) in [6.45, 7) is 2.24. The maximum absolute atomic E-state index is 12.0. The molecule has 17 heavy (non-hydrogen) atoms. The molecule has 0 radical (unpaired) electrons. The fourth-order valence-electron chi connectivity index (χ4n) is 2.23. The second-order valence-electron chi connectivity index (χ2n) is 4.72. The average Bonchev–Trinajstić information content (AvgIpc) is 2.37. The molecule has 0 bridgehead atoms. The number of ether oxygens (including phenoxy) is 1. The van der Waals surface area contributed by atoms with E-state index in [1.165, 1.54) is 0 Å². The van der Waals surface area contributed by atoms with Crippen molar-refractivity contribution in [2.45, 2.75) is 45.4 Å². The molecule has 1 fully saturated rings. The lowest BCUT2D eigenvalue weighted by Crippen LogP contribution is -2.23. The van der Waals surface area contributed by atoms with Crippen LogP contribution in [0.5, 0.6) is 0 Å². The van der Waals surface area contributed by atoms with E-state index in [9.17, 15) is 9.18 Å². The third-order valence-electron chi connectivity index (χ3n) is 3.34. The number of halogens is 1. The highest BCUT2D eigenvalue weighted by Gasteiger charge is 2.26. The minimum Gasteiger partial charge on any atom is -0.465 e. The first-order valence-electron chi connectivity index (χ1n) is 6.67. The van der Waals surface area contributed by atoms with E-state index in [2.05, 4.69) is 6.92 Å². The summed E-state index contributed by atoms with van der Waals surface area (Å²) >= 11 is 0. The number of allylic oxidation sites excluding steroid dienone is 2. The zero-order chi connectivity index (χ0) is 12.5. The van der Waals surface area contributed by atoms with Crippen molar-refractivity contribution in [3.63, 3.8) is 0 Å². The summed E-state index contributed by atoms with van der Waals surface area (Å²) in [4.78, 5) is 11.7. The lowest BCUT2D eigenvalue weighted by Gasteiger charge is -2.25. The summed E-state index contributed by atoms with van der Waals surface area (Å²) < 4.78 is 17.2. The van der Waals surface area contributed by atoms with E-state index >= 15 is 0 Å². The van der Waals surface area contributed by atoms with E-state index in [-0.39, 0.29) is 18.6 Å². The van der Waals surface area contributed by atoms with Crippen molar-refractivity contribution in [3.8, 4) is 0 Å². The van der Waals surface area contributed by atoms with Crippen molar-refractivity contribution in [2.24, 2.45) is 11.8 Å². The van der Waals surface area contributed by atoms with E-state index in [0.717, 1.165) is 38.5 Å². The van der Waals surface area contributed by atoms with Gasteiger partial charge in [0.1, 0.15) is 6.67 Å². The summed E-state index contributed by atoms with van der Waals surface area (Å²) in [7, 11) is 0. The van der Waals surface area contributed by atoms with Gasteiger partial charge in [-0.05, 0) is 38.0 Å². The van der Waals surface area contributed by atoms with Crippen LogP contribution in [0.15, 0.2) is 12.2 Å². The second kappa shape index (κ2) is 8.26. The average molecular weight is 242 g/mol. The molecule has 0 unspecified atom stereocenters. The quantitative estimate of drug-likeness (QED) is 0.403. The molecule has 0 amide bonds. The van der Waals surface area contributed by atoms with Crippen LogP contribution in [0.25, 0.3) is 0 Å². The molecule has 98 valence electrons. The van der Waals surface area contributed by atoms with E-state index in [1.54, 1.807) is 6.08 Å². The van der Waals surface area contributed by atoms with Crippen molar-refractivity contribution in [2.75, 3.05) is 13.3 Å². The number of esters is 1. The van der Waals surface area contributed by atoms with Gasteiger partial charge >= 0.3 is 5.97 Å². The molecule has 1 saturated carbocycles. The van der Waals surface area contributed by atoms with E-state index in [1.807, 2.05) is 6.08 Å². The van der Waals surface area contributed by atoms with E-state index in [4.69, 9.17) is 4.74 Å². The third-order valence-corrected chi connectivity index (χ3v) is 3.34. The first-order chi connectivity index (χ1) is 8.27. The number of carbonyl (C=O) groups is 1. The highest BCUT2D eigenvalue weighted by Crippen LogP contribution is 2.30. The Balaban J connectivity index is 2.21. The maximum atomic E-state index is 12.0.